The fourth-order valence-corrected chi connectivity index (χ4v) is 3.54. The zero-order valence-corrected chi connectivity index (χ0v) is 14.2. The number of halogens is 1. The number of hydrogen-bond acceptors (Lipinski definition) is 3. The van der Waals surface area contributed by atoms with Crippen LogP contribution in [0, 0.1) is 5.92 Å². The quantitative estimate of drug-likeness (QED) is 0.764. The Morgan fingerprint density at radius 3 is 2.24 bits per heavy atom. The molecule has 2 rings (SSSR count). The number of piperidine rings is 1. The topological polar surface area (TPSA) is 44.4 Å². The van der Waals surface area contributed by atoms with E-state index in [1.807, 2.05) is 7.05 Å². The van der Waals surface area contributed by atoms with Gasteiger partial charge in [-0.3, -0.25) is 9.69 Å². The van der Waals surface area contributed by atoms with Crippen LogP contribution in [0.4, 0.5) is 0 Å². The molecule has 2 N–H and O–H groups in total. The summed E-state index contributed by atoms with van der Waals surface area (Å²) in [5.41, 5.74) is 0. The van der Waals surface area contributed by atoms with Crippen LogP contribution < -0.4 is 10.6 Å². The number of nitrogens with zero attached hydrogens (tertiary/aromatic N) is 1. The highest BCUT2D eigenvalue weighted by molar-refractivity contribution is 5.85. The summed E-state index contributed by atoms with van der Waals surface area (Å²) in [6.45, 7) is 3.86. The predicted octanol–water partition coefficient (Wildman–Crippen LogP) is 2.18. The van der Waals surface area contributed by atoms with Crippen molar-refractivity contribution in [2.45, 2.75) is 57.4 Å². The third kappa shape index (κ3) is 6.98. The van der Waals surface area contributed by atoms with Crippen molar-refractivity contribution in [3.63, 3.8) is 0 Å². The maximum Gasteiger partial charge on any atom is 0.234 e. The lowest BCUT2D eigenvalue weighted by Gasteiger charge is -2.31. The largest absolute Gasteiger partial charge is 0.352 e. The summed E-state index contributed by atoms with van der Waals surface area (Å²) in [6, 6.07) is 0.437. The molecule has 0 spiro atoms. The fraction of sp³-hybridized carbons (Fsp3) is 0.938. The Bertz CT molecular complexity index is 285. The number of hydrogen-bond donors (Lipinski definition) is 2. The summed E-state index contributed by atoms with van der Waals surface area (Å²) < 4.78 is 0. The summed E-state index contributed by atoms with van der Waals surface area (Å²) in [4.78, 5) is 14.5. The zero-order chi connectivity index (χ0) is 14.2. The lowest BCUT2D eigenvalue weighted by molar-refractivity contribution is -0.123. The van der Waals surface area contributed by atoms with Gasteiger partial charge in [0.1, 0.15) is 0 Å². The van der Waals surface area contributed by atoms with Gasteiger partial charge in [-0.2, -0.15) is 0 Å². The van der Waals surface area contributed by atoms with Crippen LogP contribution >= 0.6 is 12.4 Å². The van der Waals surface area contributed by atoms with E-state index < -0.39 is 0 Å². The third-order valence-corrected chi connectivity index (χ3v) is 4.79. The van der Waals surface area contributed by atoms with Crippen molar-refractivity contribution in [1.82, 2.24) is 15.5 Å². The molecule has 0 radical (unpaired) electrons. The molecule has 1 aliphatic carbocycles. The van der Waals surface area contributed by atoms with Crippen LogP contribution in [0.25, 0.3) is 0 Å². The Morgan fingerprint density at radius 2 is 1.67 bits per heavy atom. The van der Waals surface area contributed by atoms with Crippen LogP contribution in [0.3, 0.4) is 0 Å². The Hall–Kier alpha value is -0.320. The molecule has 5 heteroatoms. The average Bonchev–Trinajstić information content (AvgIpc) is 2.70. The Labute approximate surface area is 135 Å². The molecule has 0 aromatic heterocycles. The summed E-state index contributed by atoms with van der Waals surface area (Å²) in [6.07, 6.45) is 10.0. The minimum atomic E-state index is 0. The Balaban J connectivity index is 0.00000220. The van der Waals surface area contributed by atoms with Gasteiger partial charge in [-0.15, -0.1) is 12.4 Å². The lowest BCUT2D eigenvalue weighted by atomic mass is 9.97. The normalized spacial score (nSPS) is 22.3. The van der Waals surface area contributed by atoms with Crippen LogP contribution in [0.15, 0.2) is 0 Å². The van der Waals surface area contributed by atoms with Crippen molar-refractivity contribution >= 4 is 18.3 Å². The predicted molar refractivity (Wildman–Crippen MR) is 90.0 cm³/mol. The summed E-state index contributed by atoms with van der Waals surface area (Å²) >= 11 is 0. The number of nitrogens with one attached hydrogen (secondary N) is 2. The van der Waals surface area contributed by atoms with Crippen molar-refractivity contribution in [1.29, 1.82) is 0 Å². The molecule has 0 bridgehead atoms. The molecule has 2 fully saturated rings. The van der Waals surface area contributed by atoms with Crippen molar-refractivity contribution in [3.8, 4) is 0 Å². The van der Waals surface area contributed by atoms with Gasteiger partial charge >= 0.3 is 0 Å². The van der Waals surface area contributed by atoms with Crippen molar-refractivity contribution in [3.05, 3.63) is 0 Å². The number of rotatable bonds is 5. The monoisotopic (exact) mass is 317 g/mol. The molecule has 1 aliphatic heterocycles. The number of carbonyl (C=O) groups is 1. The summed E-state index contributed by atoms with van der Waals surface area (Å²) in [7, 11) is 2.02. The van der Waals surface area contributed by atoms with E-state index in [2.05, 4.69) is 15.5 Å². The second kappa shape index (κ2) is 10.4. The molecule has 0 unspecified atom stereocenters. The molecule has 0 aromatic rings. The van der Waals surface area contributed by atoms with E-state index in [-0.39, 0.29) is 18.3 Å². The highest BCUT2D eigenvalue weighted by atomic mass is 35.5. The first-order valence-electron chi connectivity index (χ1n) is 8.44. The van der Waals surface area contributed by atoms with Crippen LogP contribution in [0.1, 0.15) is 51.4 Å². The second-order valence-corrected chi connectivity index (χ2v) is 6.53. The molecule has 1 amide bonds. The lowest BCUT2D eigenvalue weighted by Crippen LogP contribution is -2.45. The molecule has 1 saturated heterocycles. The number of amides is 1. The SMILES string of the molecule is CNCC1CCN(CC(=O)NC2CCCCCC2)CC1.Cl. The molecule has 0 aromatic carbocycles. The minimum absolute atomic E-state index is 0. The van der Waals surface area contributed by atoms with Gasteiger partial charge in [-0.05, 0) is 58.3 Å². The van der Waals surface area contributed by atoms with E-state index in [1.54, 1.807) is 0 Å². The van der Waals surface area contributed by atoms with Crippen LogP contribution in [-0.2, 0) is 4.79 Å². The molecule has 0 atom stereocenters. The van der Waals surface area contributed by atoms with Gasteiger partial charge in [0.05, 0.1) is 6.54 Å². The summed E-state index contributed by atoms with van der Waals surface area (Å²) in [5, 5.41) is 6.50. The van der Waals surface area contributed by atoms with Crippen molar-refractivity contribution in [2.24, 2.45) is 5.92 Å². The van der Waals surface area contributed by atoms with Crippen molar-refractivity contribution in [2.75, 3.05) is 33.2 Å². The van der Waals surface area contributed by atoms with E-state index in [1.165, 1.54) is 51.4 Å². The molecule has 21 heavy (non-hydrogen) atoms. The molecule has 2 aliphatic rings. The van der Waals surface area contributed by atoms with Crippen LogP contribution in [0.5, 0.6) is 0 Å². The van der Waals surface area contributed by atoms with Gasteiger partial charge in [0.25, 0.3) is 0 Å². The van der Waals surface area contributed by atoms with E-state index in [9.17, 15) is 4.79 Å². The van der Waals surface area contributed by atoms with E-state index in [0.29, 0.717) is 12.6 Å². The van der Waals surface area contributed by atoms with Crippen molar-refractivity contribution < 1.29 is 4.79 Å². The third-order valence-electron chi connectivity index (χ3n) is 4.79. The first-order valence-corrected chi connectivity index (χ1v) is 8.44. The van der Waals surface area contributed by atoms with Gasteiger partial charge in [-0.1, -0.05) is 25.7 Å². The summed E-state index contributed by atoms with van der Waals surface area (Å²) in [5.74, 6) is 1.03. The smallest absolute Gasteiger partial charge is 0.234 e. The van der Waals surface area contributed by atoms with Gasteiger partial charge < -0.3 is 10.6 Å². The van der Waals surface area contributed by atoms with E-state index in [0.717, 1.165) is 25.6 Å². The van der Waals surface area contributed by atoms with E-state index >= 15 is 0 Å². The van der Waals surface area contributed by atoms with Crippen LogP contribution in [0.2, 0.25) is 0 Å². The first kappa shape index (κ1) is 18.7. The standard InChI is InChI=1S/C16H31N3O.ClH/c1-17-12-14-8-10-19(11-9-14)13-16(20)18-15-6-4-2-3-5-7-15;/h14-15,17H,2-13H2,1H3,(H,18,20);1H. The fourth-order valence-electron chi connectivity index (χ4n) is 3.54. The van der Waals surface area contributed by atoms with Gasteiger partial charge in [0.15, 0.2) is 0 Å². The minimum Gasteiger partial charge on any atom is -0.352 e. The molecule has 1 saturated carbocycles. The molecular weight excluding hydrogens is 286 g/mol. The van der Waals surface area contributed by atoms with Gasteiger partial charge in [0, 0.05) is 6.04 Å². The molecular formula is C16H32ClN3O. The Kier molecular flexibility index (Phi) is 9.29. The Morgan fingerprint density at radius 1 is 1.05 bits per heavy atom. The maximum absolute atomic E-state index is 12.1. The highest BCUT2D eigenvalue weighted by Gasteiger charge is 2.21. The van der Waals surface area contributed by atoms with Gasteiger partial charge in [0.2, 0.25) is 5.91 Å². The average molecular weight is 318 g/mol. The number of carbonyl (C=O) groups excluding carboxylic acids is 1. The first-order chi connectivity index (χ1) is 9.78. The number of likely N-dealkylation sites (tertiary alicyclic amines) is 1. The van der Waals surface area contributed by atoms with Crippen LogP contribution in [-0.4, -0.2) is 50.1 Å². The second-order valence-electron chi connectivity index (χ2n) is 6.53. The molecule has 4 nitrogen and oxygen atoms in total. The van der Waals surface area contributed by atoms with Gasteiger partial charge in [-0.25, -0.2) is 0 Å². The van der Waals surface area contributed by atoms with E-state index in [4.69, 9.17) is 0 Å². The highest BCUT2D eigenvalue weighted by Crippen LogP contribution is 2.18. The molecule has 1 heterocycles. The maximum atomic E-state index is 12.1. The molecule has 124 valence electrons. The zero-order valence-electron chi connectivity index (χ0n) is 13.4.